The zero-order chi connectivity index (χ0) is 26.1. The van der Waals surface area contributed by atoms with Crippen LogP contribution in [0.3, 0.4) is 0 Å². The quantitative estimate of drug-likeness (QED) is 0.417. The molecule has 10 nitrogen and oxygen atoms in total. The first-order valence-corrected chi connectivity index (χ1v) is 12.9. The second kappa shape index (κ2) is 10.2. The first-order chi connectivity index (χ1) is 18.5. The summed E-state index contributed by atoms with van der Waals surface area (Å²) in [5.74, 6) is 3.25. The molecule has 0 bridgehead atoms. The maximum absolute atomic E-state index is 11.6. The van der Waals surface area contributed by atoms with Gasteiger partial charge in [-0.2, -0.15) is 0 Å². The summed E-state index contributed by atoms with van der Waals surface area (Å²) in [6, 6.07) is 15.2. The summed E-state index contributed by atoms with van der Waals surface area (Å²) in [6.45, 7) is 7.84. The van der Waals surface area contributed by atoms with Crippen LogP contribution in [-0.4, -0.2) is 57.3 Å². The van der Waals surface area contributed by atoms with E-state index in [0.29, 0.717) is 31.4 Å². The van der Waals surface area contributed by atoms with Gasteiger partial charge in [0, 0.05) is 47.7 Å². The third kappa shape index (κ3) is 4.95. The molecule has 1 atom stereocenters. The molecule has 6 rings (SSSR count). The Morgan fingerprint density at radius 3 is 2.74 bits per heavy atom. The van der Waals surface area contributed by atoms with Gasteiger partial charge in [-0.05, 0) is 50.6 Å². The molecular formula is C28H30N8O2. The van der Waals surface area contributed by atoms with Gasteiger partial charge >= 0.3 is 0 Å². The van der Waals surface area contributed by atoms with Crippen molar-refractivity contribution in [2.45, 2.75) is 32.9 Å². The summed E-state index contributed by atoms with van der Waals surface area (Å²) in [5.41, 5.74) is 4.81. The van der Waals surface area contributed by atoms with Gasteiger partial charge in [-0.1, -0.05) is 6.07 Å². The smallest absolute Gasteiger partial charge is 0.249 e. The molecule has 2 aliphatic rings. The molecule has 1 fully saturated rings. The van der Waals surface area contributed by atoms with Crippen molar-refractivity contribution in [3.05, 3.63) is 82.2 Å². The van der Waals surface area contributed by atoms with E-state index in [2.05, 4.69) is 37.0 Å². The van der Waals surface area contributed by atoms with E-state index in [-0.39, 0.29) is 11.6 Å². The van der Waals surface area contributed by atoms with Crippen LogP contribution in [0.25, 0.3) is 11.4 Å². The third-order valence-electron chi connectivity index (χ3n) is 6.99. The number of benzene rings is 1. The fraction of sp³-hybridized carbons (Fsp3) is 0.321. The van der Waals surface area contributed by atoms with Crippen molar-refractivity contribution in [3.8, 4) is 11.4 Å². The van der Waals surface area contributed by atoms with Crippen LogP contribution in [0.2, 0.25) is 0 Å². The summed E-state index contributed by atoms with van der Waals surface area (Å²) >= 11 is 0. The van der Waals surface area contributed by atoms with E-state index in [1.165, 1.54) is 11.6 Å². The molecule has 1 saturated heterocycles. The fourth-order valence-corrected chi connectivity index (χ4v) is 5.01. The number of H-pyrrole nitrogens is 1. The number of fused-ring (bicyclic) bond motifs is 1. The summed E-state index contributed by atoms with van der Waals surface area (Å²) < 4.78 is 5.71. The van der Waals surface area contributed by atoms with Crippen molar-refractivity contribution in [1.82, 2.24) is 24.9 Å². The number of aromatic amines is 1. The Balaban J connectivity index is 1.35. The maximum Gasteiger partial charge on any atom is 0.249 e. The predicted octanol–water partition coefficient (Wildman–Crippen LogP) is 3.46. The highest BCUT2D eigenvalue weighted by molar-refractivity contribution is 5.66. The van der Waals surface area contributed by atoms with E-state index in [9.17, 15) is 4.79 Å². The summed E-state index contributed by atoms with van der Waals surface area (Å²) in [4.78, 5) is 38.0. The zero-order valence-corrected chi connectivity index (χ0v) is 21.5. The number of morpholine rings is 1. The SMILES string of the molecule is Cc1cc(N2CCc3c(nc(-c4ccc(Nc5cccc(=O)[nH]5)cc4)nc3N3CCOC[C@@H]3C)C2)ncn1. The Kier molecular flexibility index (Phi) is 6.47. The van der Waals surface area contributed by atoms with E-state index >= 15 is 0 Å². The van der Waals surface area contributed by atoms with Gasteiger partial charge in [0.1, 0.15) is 23.8 Å². The fourth-order valence-electron chi connectivity index (χ4n) is 5.01. The molecule has 4 aromatic rings. The average Bonchev–Trinajstić information content (AvgIpc) is 2.93. The van der Waals surface area contributed by atoms with Gasteiger partial charge in [-0.3, -0.25) is 4.79 Å². The Morgan fingerprint density at radius 1 is 1.08 bits per heavy atom. The standard InChI is InChI=1S/C28H30N8O2/c1-18-14-25(30-17-29-18)35-11-10-22-23(15-35)32-27(34-28(22)36-12-13-38-16-19(36)2)20-6-8-21(9-7-20)31-24-4-3-5-26(37)33-24/h3-9,14,17,19H,10-13,15-16H2,1-2H3,(H2,31,33,37)/t19-/m0/s1. The van der Waals surface area contributed by atoms with E-state index in [0.717, 1.165) is 53.8 Å². The zero-order valence-electron chi connectivity index (χ0n) is 21.5. The number of aromatic nitrogens is 5. The second-order valence-electron chi connectivity index (χ2n) is 9.73. The highest BCUT2D eigenvalue weighted by Crippen LogP contribution is 2.33. The Labute approximate surface area is 220 Å². The molecule has 0 spiro atoms. The van der Waals surface area contributed by atoms with Crippen LogP contribution in [0.15, 0.2) is 59.7 Å². The van der Waals surface area contributed by atoms with Gasteiger partial charge in [0.05, 0.1) is 31.5 Å². The Bertz CT molecular complexity index is 1500. The van der Waals surface area contributed by atoms with Gasteiger partial charge in [-0.15, -0.1) is 0 Å². The number of aryl methyl sites for hydroxylation is 1. The number of rotatable bonds is 5. The van der Waals surface area contributed by atoms with Crippen LogP contribution in [0, 0.1) is 6.92 Å². The Hall–Kier alpha value is -4.31. The molecule has 0 aliphatic carbocycles. The minimum atomic E-state index is -0.148. The largest absolute Gasteiger partial charge is 0.377 e. The lowest BCUT2D eigenvalue weighted by Crippen LogP contribution is -2.45. The van der Waals surface area contributed by atoms with Crippen molar-refractivity contribution < 1.29 is 4.74 Å². The monoisotopic (exact) mass is 510 g/mol. The number of ether oxygens (including phenoxy) is 1. The minimum absolute atomic E-state index is 0.148. The van der Waals surface area contributed by atoms with Crippen LogP contribution >= 0.6 is 0 Å². The van der Waals surface area contributed by atoms with E-state index < -0.39 is 0 Å². The number of pyridine rings is 1. The van der Waals surface area contributed by atoms with Crippen molar-refractivity contribution in [2.75, 3.05) is 41.4 Å². The molecule has 0 unspecified atom stereocenters. The topological polar surface area (TPSA) is 112 Å². The lowest BCUT2D eigenvalue weighted by atomic mass is 10.0. The molecule has 38 heavy (non-hydrogen) atoms. The molecule has 10 heteroatoms. The molecule has 2 aliphatic heterocycles. The van der Waals surface area contributed by atoms with Crippen LogP contribution in [0.5, 0.6) is 0 Å². The number of nitrogens with one attached hydrogen (secondary N) is 2. The molecule has 0 saturated carbocycles. The van der Waals surface area contributed by atoms with Gasteiger partial charge in [-0.25, -0.2) is 19.9 Å². The van der Waals surface area contributed by atoms with Crippen molar-refractivity contribution in [2.24, 2.45) is 0 Å². The second-order valence-corrected chi connectivity index (χ2v) is 9.73. The van der Waals surface area contributed by atoms with Crippen molar-refractivity contribution in [1.29, 1.82) is 0 Å². The number of nitrogens with zero attached hydrogens (tertiary/aromatic N) is 6. The summed E-state index contributed by atoms with van der Waals surface area (Å²) in [5, 5.41) is 3.23. The first kappa shape index (κ1) is 24.1. The van der Waals surface area contributed by atoms with Crippen molar-refractivity contribution in [3.63, 3.8) is 0 Å². The Morgan fingerprint density at radius 2 is 1.95 bits per heavy atom. The van der Waals surface area contributed by atoms with Gasteiger partial charge in [0.15, 0.2) is 5.82 Å². The first-order valence-electron chi connectivity index (χ1n) is 12.9. The van der Waals surface area contributed by atoms with Crippen LogP contribution in [0.1, 0.15) is 23.9 Å². The van der Waals surface area contributed by atoms with Crippen LogP contribution < -0.4 is 20.7 Å². The van der Waals surface area contributed by atoms with E-state index in [1.807, 2.05) is 43.3 Å². The molecule has 2 N–H and O–H groups in total. The van der Waals surface area contributed by atoms with Crippen LogP contribution in [-0.2, 0) is 17.7 Å². The molecule has 194 valence electrons. The number of hydrogen-bond donors (Lipinski definition) is 2. The molecule has 0 radical (unpaired) electrons. The molecule has 0 amide bonds. The van der Waals surface area contributed by atoms with Crippen LogP contribution in [0.4, 0.5) is 23.1 Å². The van der Waals surface area contributed by atoms with Crippen molar-refractivity contribution >= 4 is 23.1 Å². The summed E-state index contributed by atoms with van der Waals surface area (Å²) in [7, 11) is 0. The number of hydrogen-bond acceptors (Lipinski definition) is 9. The molecule has 1 aromatic carbocycles. The lowest BCUT2D eigenvalue weighted by Gasteiger charge is -2.38. The minimum Gasteiger partial charge on any atom is -0.377 e. The highest BCUT2D eigenvalue weighted by Gasteiger charge is 2.29. The average molecular weight is 511 g/mol. The molecule has 5 heterocycles. The van der Waals surface area contributed by atoms with E-state index in [4.69, 9.17) is 14.7 Å². The lowest BCUT2D eigenvalue weighted by molar-refractivity contribution is 0.0984. The normalized spacial score (nSPS) is 17.3. The molecule has 3 aromatic heterocycles. The van der Waals surface area contributed by atoms with Gasteiger partial charge < -0.3 is 24.8 Å². The van der Waals surface area contributed by atoms with Gasteiger partial charge in [0.25, 0.3) is 0 Å². The predicted molar refractivity (Wildman–Crippen MR) is 147 cm³/mol. The third-order valence-corrected chi connectivity index (χ3v) is 6.99. The summed E-state index contributed by atoms with van der Waals surface area (Å²) in [6.07, 6.45) is 2.46. The number of anilines is 4. The van der Waals surface area contributed by atoms with E-state index in [1.54, 1.807) is 12.4 Å². The maximum atomic E-state index is 11.6. The highest BCUT2D eigenvalue weighted by atomic mass is 16.5. The molecular weight excluding hydrogens is 480 g/mol. The van der Waals surface area contributed by atoms with Gasteiger partial charge in [0.2, 0.25) is 5.56 Å².